The van der Waals surface area contributed by atoms with Gasteiger partial charge in [0.25, 0.3) is 6.43 Å². The first-order valence-corrected chi connectivity index (χ1v) is 5.09. The topological polar surface area (TPSA) is 75.3 Å². The third-order valence-corrected chi connectivity index (χ3v) is 2.04. The number of nitrogens with zero attached hydrogens (tertiary/aromatic N) is 3. The van der Waals surface area contributed by atoms with Crippen LogP contribution in [0.1, 0.15) is 5.82 Å². The molecule has 19 heavy (non-hydrogen) atoms. The Kier molecular flexibility index (Phi) is 4.81. The molecule has 0 saturated heterocycles. The molecule has 1 rings (SSSR count). The normalized spacial score (nSPS) is 11.9. The fraction of sp³-hybridized carbons (Fsp3) is 0.556. The van der Waals surface area contributed by atoms with Crippen LogP contribution in [0.3, 0.4) is 0 Å². The van der Waals surface area contributed by atoms with Crippen LogP contribution in [-0.4, -0.2) is 41.2 Å². The number of alkyl halides is 5. The zero-order chi connectivity index (χ0) is 14.6. The Bertz CT molecular complexity index is 426. The molecule has 0 fully saturated rings. The van der Waals surface area contributed by atoms with Crippen molar-refractivity contribution in [1.29, 1.82) is 0 Å². The van der Waals surface area contributed by atoms with E-state index in [-0.39, 0.29) is 6.54 Å². The fourth-order valence-electron chi connectivity index (χ4n) is 1.33. The highest BCUT2D eigenvalue weighted by Gasteiger charge is 2.35. The van der Waals surface area contributed by atoms with E-state index in [4.69, 9.17) is 10.8 Å². The summed E-state index contributed by atoms with van der Waals surface area (Å²) in [7, 11) is 0. The molecule has 5 nitrogen and oxygen atoms in total. The first-order valence-electron chi connectivity index (χ1n) is 5.09. The van der Waals surface area contributed by atoms with Crippen molar-refractivity contribution in [3.05, 3.63) is 11.9 Å². The second-order valence-corrected chi connectivity index (χ2v) is 3.53. The molecule has 0 aliphatic heterocycles. The van der Waals surface area contributed by atoms with Gasteiger partial charge in [0.05, 0.1) is 13.2 Å². The van der Waals surface area contributed by atoms with E-state index in [1.807, 2.05) is 0 Å². The number of rotatable bonds is 5. The summed E-state index contributed by atoms with van der Waals surface area (Å²) in [6, 6.07) is 0.938. The van der Waals surface area contributed by atoms with Crippen molar-refractivity contribution in [2.75, 3.05) is 30.3 Å². The van der Waals surface area contributed by atoms with Crippen LogP contribution in [0.2, 0.25) is 0 Å². The number of aliphatic hydroxyl groups is 1. The van der Waals surface area contributed by atoms with E-state index in [0.29, 0.717) is 0 Å². The van der Waals surface area contributed by atoms with Gasteiger partial charge in [-0.25, -0.2) is 18.7 Å². The first kappa shape index (κ1) is 15.3. The lowest BCUT2D eigenvalue weighted by Gasteiger charge is -2.23. The summed E-state index contributed by atoms with van der Waals surface area (Å²) >= 11 is 0. The predicted octanol–water partition coefficient (Wildman–Crippen LogP) is 1.14. The summed E-state index contributed by atoms with van der Waals surface area (Å²) in [5.74, 6) is -2.41. The first-order chi connectivity index (χ1) is 8.74. The van der Waals surface area contributed by atoms with Crippen molar-refractivity contribution < 1.29 is 27.1 Å². The van der Waals surface area contributed by atoms with Gasteiger partial charge < -0.3 is 15.7 Å². The molecule has 1 aromatic heterocycles. The van der Waals surface area contributed by atoms with Crippen molar-refractivity contribution in [2.24, 2.45) is 0 Å². The number of aromatic nitrogens is 2. The zero-order valence-corrected chi connectivity index (χ0v) is 9.53. The third kappa shape index (κ3) is 4.47. The minimum atomic E-state index is -4.83. The standard InChI is InChI=1S/C9H11F5N4O/c10-5(11)4-18(1-2-19)7-3-6(15)16-8(17-7)9(12,13)14/h3,5,19H,1-2,4H2,(H2,15,16,17). The molecule has 1 heterocycles. The number of aliphatic hydroxyl groups excluding tert-OH is 1. The molecule has 0 spiro atoms. The lowest BCUT2D eigenvalue weighted by Crippen LogP contribution is -2.33. The van der Waals surface area contributed by atoms with Gasteiger partial charge in [-0.1, -0.05) is 0 Å². The minimum Gasteiger partial charge on any atom is -0.395 e. The average Bonchev–Trinajstić information content (AvgIpc) is 2.26. The molecular formula is C9H11F5N4O. The lowest BCUT2D eigenvalue weighted by molar-refractivity contribution is -0.144. The number of hydrogen-bond acceptors (Lipinski definition) is 5. The van der Waals surface area contributed by atoms with Crippen molar-refractivity contribution in [1.82, 2.24) is 9.97 Å². The number of nitrogens with two attached hydrogens (primary N) is 1. The summed E-state index contributed by atoms with van der Waals surface area (Å²) in [5.41, 5.74) is 5.19. The van der Waals surface area contributed by atoms with Crippen molar-refractivity contribution in [3.8, 4) is 0 Å². The third-order valence-electron chi connectivity index (χ3n) is 2.04. The maximum Gasteiger partial charge on any atom is 0.451 e. The van der Waals surface area contributed by atoms with E-state index in [9.17, 15) is 22.0 Å². The van der Waals surface area contributed by atoms with Gasteiger partial charge in [-0.3, -0.25) is 0 Å². The summed E-state index contributed by atoms with van der Waals surface area (Å²) in [6.45, 7) is -1.68. The van der Waals surface area contributed by atoms with Gasteiger partial charge >= 0.3 is 6.18 Å². The van der Waals surface area contributed by atoms with Crippen LogP contribution >= 0.6 is 0 Å². The van der Waals surface area contributed by atoms with Gasteiger partial charge in [0.15, 0.2) is 0 Å². The van der Waals surface area contributed by atoms with E-state index in [1.165, 1.54) is 0 Å². The van der Waals surface area contributed by atoms with Gasteiger partial charge in [-0.15, -0.1) is 0 Å². The molecule has 0 atom stereocenters. The highest BCUT2D eigenvalue weighted by Crippen LogP contribution is 2.28. The Labute approximate surface area is 104 Å². The second kappa shape index (κ2) is 5.95. The number of anilines is 2. The van der Waals surface area contributed by atoms with Gasteiger partial charge in [0.2, 0.25) is 5.82 Å². The van der Waals surface area contributed by atoms with Crippen LogP contribution < -0.4 is 10.6 Å². The molecule has 3 N–H and O–H groups in total. The van der Waals surface area contributed by atoms with Crippen molar-refractivity contribution in [2.45, 2.75) is 12.6 Å². The molecule has 10 heteroatoms. The van der Waals surface area contributed by atoms with Gasteiger partial charge in [-0.2, -0.15) is 13.2 Å². The minimum absolute atomic E-state index is 0.294. The lowest BCUT2D eigenvalue weighted by atomic mass is 10.4. The molecule has 0 aliphatic rings. The predicted molar refractivity (Wildman–Crippen MR) is 56.7 cm³/mol. The Morgan fingerprint density at radius 2 is 1.95 bits per heavy atom. The summed E-state index contributed by atoms with van der Waals surface area (Å²) in [6.07, 6.45) is -7.63. The van der Waals surface area contributed by atoms with Crippen LogP contribution in [0.15, 0.2) is 6.07 Å². The van der Waals surface area contributed by atoms with Gasteiger partial charge in [-0.05, 0) is 0 Å². The maximum absolute atomic E-state index is 12.5. The maximum atomic E-state index is 12.5. The largest absolute Gasteiger partial charge is 0.451 e. The summed E-state index contributed by atoms with van der Waals surface area (Å²) in [5, 5.41) is 8.73. The summed E-state index contributed by atoms with van der Waals surface area (Å²) in [4.78, 5) is 6.94. The van der Waals surface area contributed by atoms with Crippen LogP contribution in [0.25, 0.3) is 0 Å². The second-order valence-electron chi connectivity index (χ2n) is 3.53. The molecular weight excluding hydrogens is 275 g/mol. The molecule has 0 saturated carbocycles. The SMILES string of the molecule is Nc1cc(N(CCO)CC(F)F)nc(C(F)(F)F)n1. The van der Waals surface area contributed by atoms with Crippen LogP contribution in [0.4, 0.5) is 33.6 Å². The number of nitrogen functional groups attached to an aromatic ring is 1. The molecule has 0 radical (unpaired) electrons. The zero-order valence-electron chi connectivity index (χ0n) is 9.53. The average molecular weight is 286 g/mol. The fourth-order valence-corrected chi connectivity index (χ4v) is 1.33. The smallest absolute Gasteiger partial charge is 0.395 e. The molecule has 0 unspecified atom stereocenters. The highest BCUT2D eigenvalue weighted by molar-refractivity contribution is 5.47. The molecule has 108 valence electrons. The van der Waals surface area contributed by atoms with E-state index in [2.05, 4.69) is 9.97 Å². The van der Waals surface area contributed by atoms with Gasteiger partial charge in [0, 0.05) is 12.6 Å². The molecule has 0 aromatic carbocycles. The van der Waals surface area contributed by atoms with Crippen LogP contribution in [-0.2, 0) is 6.18 Å². The molecule has 0 bridgehead atoms. The van der Waals surface area contributed by atoms with E-state index in [0.717, 1.165) is 11.0 Å². The van der Waals surface area contributed by atoms with Crippen LogP contribution in [0.5, 0.6) is 0 Å². The quantitative estimate of drug-likeness (QED) is 0.794. The number of halogens is 5. The summed E-state index contributed by atoms with van der Waals surface area (Å²) < 4.78 is 62.0. The Morgan fingerprint density at radius 1 is 1.32 bits per heavy atom. The number of hydrogen-bond donors (Lipinski definition) is 2. The highest BCUT2D eigenvalue weighted by atomic mass is 19.4. The van der Waals surface area contributed by atoms with Crippen LogP contribution in [0, 0.1) is 0 Å². The van der Waals surface area contributed by atoms with Crippen molar-refractivity contribution >= 4 is 11.6 Å². The van der Waals surface area contributed by atoms with E-state index < -0.39 is 43.2 Å². The van der Waals surface area contributed by atoms with E-state index in [1.54, 1.807) is 0 Å². The van der Waals surface area contributed by atoms with Gasteiger partial charge in [0.1, 0.15) is 11.6 Å². The Hall–Kier alpha value is -1.71. The molecule has 0 amide bonds. The monoisotopic (exact) mass is 286 g/mol. The Balaban J connectivity index is 3.12. The van der Waals surface area contributed by atoms with E-state index >= 15 is 0 Å². The molecule has 1 aromatic rings. The van der Waals surface area contributed by atoms with Crippen molar-refractivity contribution in [3.63, 3.8) is 0 Å². The Morgan fingerprint density at radius 3 is 2.42 bits per heavy atom. The molecule has 0 aliphatic carbocycles.